The minimum atomic E-state index is 0.124. The third kappa shape index (κ3) is 3.05. The molecular formula is C18H19N3O2S. The van der Waals surface area contributed by atoms with E-state index in [0.717, 1.165) is 5.52 Å². The van der Waals surface area contributed by atoms with Crippen LogP contribution in [0.15, 0.2) is 34.7 Å². The zero-order chi connectivity index (χ0) is 17.4. The summed E-state index contributed by atoms with van der Waals surface area (Å²) in [6.07, 6.45) is 0. The summed E-state index contributed by atoms with van der Waals surface area (Å²) in [7, 11) is 0. The number of fused-ring (bicyclic) bond motifs is 1. The first-order valence-electron chi connectivity index (χ1n) is 7.66. The van der Waals surface area contributed by atoms with Gasteiger partial charge in [0.2, 0.25) is 5.89 Å². The van der Waals surface area contributed by atoms with Gasteiger partial charge in [0.15, 0.2) is 10.7 Å². The number of aromatic hydroxyl groups is 1. The van der Waals surface area contributed by atoms with Crippen molar-refractivity contribution in [1.82, 2.24) is 4.98 Å². The number of oxazole rings is 1. The number of phenolic OH excluding ortho intramolecular Hbond substituents is 1. The second-order valence-corrected chi connectivity index (χ2v) is 6.52. The fourth-order valence-corrected chi connectivity index (χ4v) is 2.69. The molecule has 4 N–H and O–H groups in total. The van der Waals surface area contributed by atoms with Crippen molar-refractivity contribution >= 4 is 34.1 Å². The van der Waals surface area contributed by atoms with E-state index in [4.69, 9.17) is 22.4 Å². The second kappa shape index (κ2) is 6.13. The number of aryl methyl sites for hydroxylation is 1. The van der Waals surface area contributed by atoms with Crippen molar-refractivity contribution in [3.63, 3.8) is 0 Å². The van der Waals surface area contributed by atoms with Gasteiger partial charge < -0.3 is 20.6 Å². The first-order chi connectivity index (χ1) is 11.3. The van der Waals surface area contributed by atoms with Gasteiger partial charge in [-0.3, -0.25) is 0 Å². The van der Waals surface area contributed by atoms with Crippen LogP contribution in [0.25, 0.3) is 22.6 Å². The molecule has 3 aromatic rings. The number of nitrogens with zero attached hydrogens (tertiary/aromatic N) is 1. The van der Waals surface area contributed by atoms with Gasteiger partial charge in [-0.25, -0.2) is 4.98 Å². The summed E-state index contributed by atoms with van der Waals surface area (Å²) in [5.41, 5.74) is 10.0. The average molecular weight is 341 g/mol. The third-order valence-electron chi connectivity index (χ3n) is 3.88. The highest BCUT2D eigenvalue weighted by Crippen LogP contribution is 2.36. The van der Waals surface area contributed by atoms with E-state index in [0.29, 0.717) is 34.2 Å². The molecule has 0 spiro atoms. The Morgan fingerprint density at radius 3 is 2.71 bits per heavy atom. The molecular weight excluding hydrogens is 322 g/mol. The fraction of sp³-hybridized carbons (Fsp3) is 0.222. The molecule has 0 fully saturated rings. The fourth-order valence-electron chi connectivity index (χ4n) is 2.58. The largest absolute Gasteiger partial charge is 0.507 e. The number of aromatic nitrogens is 1. The van der Waals surface area contributed by atoms with E-state index in [1.54, 1.807) is 19.1 Å². The number of nitrogens with two attached hydrogens (primary N) is 1. The van der Waals surface area contributed by atoms with Crippen LogP contribution in [0, 0.1) is 6.92 Å². The van der Waals surface area contributed by atoms with Crippen molar-refractivity contribution in [2.45, 2.75) is 26.7 Å². The van der Waals surface area contributed by atoms with Crippen LogP contribution in [0.5, 0.6) is 5.75 Å². The first-order valence-corrected chi connectivity index (χ1v) is 8.07. The lowest BCUT2D eigenvalue weighted by atomic mass is 10.0. The summed E-state index contributed by atoms with van der Waals surface area (Å²) in [6.45, 7) is 6.05. The number of benzene rings is 2. The second-order valence-electron chi connectivity index (χ2n) is 6.08. The Bertz CT molecular complexity index is 931. The van der Waals surface area contributed by atoms with Crippen LogP contribution in [0.1, 0.15) is 30.9 Å². The molecule has 124 valence electrons. The van der Waals surface area contributed by atoms with Crippen LogP contribution in [-0.2, 0) is 0 Å². The number of hydrogen-bond acceptors (Lipinski definition) is 4. The minimum Gasteiger partial charge on any atom is -0.507 e. The van der Waals surface area contributed by atoms with Crippen molar-refractivity contribution in [3.05, 3.63) is 41.5 Å². The highest BCUT2D eigenvalue weighted by Gasteiger charge is 2.16. The van der Waals surface area contributed by atoms with Gasteiger partial charge in [0, 0.05) is 5.69 Å². The molecule has 6 heteroatoms. The number of nitrogens with one attached hydrogen (secondary N) is 1. The smallest absolute Gasteiger partial charge is 0.231 e. The Morgan fingerprint density at radius 2 is 2.04 bits per heavy atom. The predicted molar refractivity (Wildman–Crippen MR) is 100 cm³/mol. The Balaban J connectivity index is 2.12. The molecule has 0 amide bonds. The average Bonchev–Trinajstić information content (AvgIpc) is 2.92. The molecule has 0 unspecified atom stereocenters. The molecule has 0 aliphatic carbocycles. The monoisotopic (exact) mass is 341 g/mol. The van der Waals surface area contributed by atoms with Gasteiger partial charge in [-0.15, -0.1) is 0 Å². The molecule has 0 aliphatic heterocycles. The maximum absolute atomic E-state index is 10.4. The molecule has 1 heterocycles. The first kappa shape index (κ1) is 16.3. The number of thiocarbonyl (C=S) groups is 1. The van der Waals surface area contributed by atoms with E-state index in [9.17, 15) is 5.11 Å². The zero-order valence-electron chi connectivity index (χ0n) is 13.8. The van der Waals surface area contributed by atoms with Crippen molar-refractivity contribution < 1.29 is 9.52 Å². The van der Waals surface area contributed by atoms with Crippen molar-refractivity contribution in [2.75, 3.05) is 5.32 Å². The molecule has 0 aliphatic rings. The van der Waals surface area contributed by atoms with Gasteiger partial charge >= 0.3 is 0 Å². The van der Waals surface area contributed by atoms with Crippen LogP contribution in [0.2, 0.25) is 0 Å². The van der Waals surface area contributed by atoms with Gasteiger partial charge in [-0.2, -0.15) is 0 Å². The van der Waals surface area contributed by atoms with Gasteiger partial charge in [-0.05, 0) is 60.5 Å². The molecule has 5 nitrogen and oxygen atoms in total. The Kier molecular flexibility index (Phi) is 4.15. The van der Waals surface area contributed by atoms with Crippen molar-refractivity contribution in [3.8, 4) is 17.2 Å². The molecule has 0 saturated carbocycles. The Morgan fingerprint density at radius 1 is 1.29 bits per heavy atom. The molecule has 0 saturated heterocycles. The van der Waals surface area contributed by atoms with E-state index in [-0.39, 0.29) is 10.9 Å². The van der Waals surface area contributed by atoms with E-state index in [1.807, 2.05) is 18.2 Å². The normalized spacial score (nSPS) is 11.2. The van der Waals surface area contributed by atoms with E-state index >= 15 is 0 Å². The van der Waals surface area contributed by atoms with Crippen LogP contribution in [-0.4, -0.2) is 15.2 Å². The maximum Gasteiger partial charge on any atom is 0.231 e. The van der Waals surface area contributed by atoms with Crippen LogP contribution in [0.4, 0.5) is 5.69 Å². The molecule has 0 radical (unpaired) electrons. The van der Waals surface area contributed by atoms with Crippen molar-refractivity contribution in [2.24, 2.45) is 5.73 Å². The summed E-state index contributed by atoms with van der Waals surface area (Å²) in [5, 5.41) is 13.4. The number of rotatable bonds is 3. The summed E-state index contributed by atoms with van der Waals surface area (Å²) in [4.78, 5) is 4.53. The van der Waals surface area contributed by atoms with Gasteiger partial charge in [0.05, 0.1) is 5.56 Å². The maximum atomic E-state index is 10.4. The van der Waals surface area contributed by atoms with E-state index in [2.05, 4.69) is 24.1 Å². The summed E-state index contributed by atoms with van der Waals surface area (Å²) in [6, 6.07) is 9.42. The van der Waals surface area contributed by atoms with E-state index < -0.39 is 0 Å². The highest BCUT2D eigenvalue weighted by atomic mass is 32.1. The number of hydrogen-bond donors (Lipinski definition) is 3. The lowest BCUT2D eigenvalue weighted by Gasteiger charge is -2.09. The summed E-state index contributed by atoms with van der Waals surface area (Å²) in [5.74, 6) is 0.889. The summed E-state index contributed by atoms with van der Waals surface area (Å²) >= 11 is 4.87. The number of anilines is 1. The molecule has 3 rings (SSSR count). The van der Waals surface area contributed by atoms with Crippen LogP contribution >= 0.6 is 12.2 Å². The topological polar surface area (TPSA) is 84.3 Å². The quantitative estimate of drug-likeness (QED) is 0.487. The molecule has 0 atom stereocenters. The molecule has 24 heavy (non-hydrogen) atoms. The van der Waals surface area contributed by atoms with Crippen molar-refractivity contribution in [1.29, 1.82) is 0 Å². The van der Waals surface area contributed by atoms with E-state index in [1.165, 1.54) is 5.56 Å². The lowest BCUT2D eigenvalue weighted by Crippen LogP contribution is -2.18. The lowest BCUT2D eigenvalue weighted by molar-refractivity contribution is 0.470. The highest BCUT2D eigenvalue weighted by molar-refractivity contribution is 7.80. The molecule has 2 aromatic carbocycles. The third-order valence-corrected chi connectivity index (χ3v) is 3.98. The minimum absolute atomic E-state index is 0.124. The zero-order valence-corrected chi connectivity index (χ0v) is 14.6. The number of phenols is 1. The van der Waals surface area contributed by atoms with Crippen LogP contribution < -0.4 is 11.1 Å². The van der Waals surface area contributed by atoms with Gasteiger partial charge in [-0.1, -0.05) is 19.9 Å². The SMILES string of the molecule is Cc1cc(NC(N)=S)cc(-c2nc3cc(C(C)C)ccc3o2)c1O. The Labute approximate surface area is 145 Å². The van der Waals surface area contributed by atoms with Crippen LogP contribution in [0.3, 0.4) is 0 Å². The van der Waals surface area contributed by atoms with Gasteiger partial charge in [0.1, 0.15) is 11.3 Å². The van der Waals surface area contributed by atoms with Gasteiger partial charge in [0.25, 0.3) is 0 Å². The standard InChI is InChI=1S/C18H19N3O2S/c1-9(2)11-4-5-15-14(7-11)21-17(23-15)13-8-12(20-18(19)24)6-10(3)16(13)22/h4-9,22H,1-3H3,(H3,19,20,24). The summed E-state index contributed by atoms with van der Waals surface area (Å²) < 4.78 is 5.82. The Hall–Kier alpha value is -2.60. The molecule has 1 aromatic heterocycles. The predicted octanol–water partition coefficient (Wildman–Crippen LogP) is 4.29. The molecule has 0 bridgehead atoms.